The van der Waals surface area contributed by atoms with Crippen molar-refractivity contribution in [3.8, 4) is 21.7 Å². The van der Waals surface area contributed by atoms with Gasteiger partial charge in [0.05, 0.1) is 20.4 Å². The molecule has 2 N–H and O–H groups in total. The second-order valence-electron chi connectivity index (χ2n) is 6.69. The van der Waals surface area contributed by atoms with Gasteiger partial charge in [0.1, 0.15) is 5.82 Å². The molecule has 32 heavy (non-hydrogen) atoms. The average Bonchev–Trinajstić information content (AvgIpc) is 3.20. The topological polar surface area (TPSA) is 107 Å². The average molecular weight is 509 g/mol. The van der Waals surface area contributed by atoms with Gasteiger partial charge in [-0.1, -0.05) is 23.7 Å². The van der Waals surface area contributed by atoms with E-state index >= 15 is 0 Å². The molecule has 0 unspecified atom stereocenters. The van der Waals surface area contributed by atoms with Gasteiger partial charge in [0.2, 0.25) is 24.2 Å². The van der Waals surface area contributed by atoms with Crippen molar-refractivity contribution in [1.29, 1.82) is 0 Å². The molecule has 1 aromatic heterocycles. The first-order valence-electron chi connectivity index (χ1n) is 8.96. The van der Waals surface area contributed by atoms with Crippen LogP contribution in [0.5, 0.6) is 0 Å². The van der Waals surface area contributed by atoms with Crippen molar-refractivity contribution in [1.82, 2.24) is 4.98 Å². The van der Waals surface area contributed by atoms with E-state index in [-0.39, 0.29) is 14.1 Å². The van der Waals surface area contributed by atoms with Gasteiger partial charge < -0.3 is 0 Å². The number of primary sulfonamides is 1. The van der Waals surface area contributed by atoms with Crippen LogP contribution in [0.1, 0.15) is 0 Å². The first kappa shape index (κ1) is 22.6. The van der Waals surface area contributed by atoms with E-state index in [2.05, 4.69) is 4.98 Å². The van der Waals surface area contributed by atoms with Crippen molar-refractivity contribution in [2.45, 2.75) is 14.1 Å². The van der Waals surface area contributed by atoms with Crippen LogP contribution in [0, 0.1) is 5.82 Å². The maximum atomic E-state index is 13.4. The first-order chi connectivity index (χ1) is 15.1. The Hall–Kier alpha value is -2.63. The Kier molecular flexibility index (Phi) is 5.91. The third kappa shape index (κ3) is 4.45. The third-order valence-corrected chi connectivity index (χ3v) is 8.96. The number of nitrogens with zero attached hydrogens (tertiary/aromatic N) is 1. The molecular formula is C21H14ClFN2O4S3. The van der Waals surface area contributed by atoms with Gasteiger partial charge in [-0.3, -0.25) is 0 Å². The van der Waals surface area contributed by atoms with Crippen molar-refractivity contribution in [3.05, 3.63) is 83.6 Å². The van der Waals surface area contributed by atoms with Gasteiger partial charge in [0.25, 0.3) is 0 Å². The Morgan fingerprint density at radius 2 is 1.31 bits per heavy atom. The van der Waals surface area contributed by atoms with E-state index in [1.165, 1.54) is 72.8 Å². The number of rotatable bonds is 5. The summed E-state index contributed by atoms with van der Waals surface area (Å²) in [5.74, 6) is -0.447. The van der Waals surface area contributed by atoms with Crippen LogP contribution in [0.2, 0.25) is 5.02 Å². The molecule has 0 aliphatic rings. The number of benzene rings is 3. The third-order valence-electron chi connectivity index (χ3n) is 4.52. The minimum absolute atomic E-state index is 0.0254. The van der Waals surface area contributed by atoms with E-state index in [0.717, 1.165) is 11.3 Å². The summed E-state index contributed by atoms with van der Waals surface area (Å²) in [7, 11) is -7.84. The molecule has 0 saturated carbocycles. The lowest BCUT2D eigenvalue weighted by Crippen LogP contribution is -2.11. The molecule has 4 aromatic rings. The molecule has 0 aliphatic carbocycles. The lowest BCUT2D eigenvalue weighted by atomic mass is 10.1. The van der Waals surface area contributed by atoms with Crippen molar-refractivity contribution >= 4 is 42.8 Å². The molecule has 11 heteroatoms. The zero-order valence-electron chi connectivity index (χ0n) is 16.1. The van der Waals surface area contributed by atoms with Crippen molar-refractivity contribution < 1.29 is 21.2 Å². The van der Waals surface area contributed by atoms with E-state index in [4.69, 9.17) is 16.7 Å². The van der Waals surface area contributed by atoms with Gasteiger partial charge >= 0.3 is 0 Å². The second-order valence-corrected chi connectivity index (χ2v) is 11.8. The van der Waals surface area contributed by atoms with Crippen LogP contribution in [-0.4, -0.2) is 21.8 Å². The molecule has 0 fully saturated rings. The van der Waals surface area contributed by atoms with Gasteiger partial charge in [0.15, 0.2) is 0 Å². The number of sulfonamides is 1. The SMILES string of the molecule is NS(=O)(=O)c1ccc(-c2sc(S(=O)(=O)c3ccc(Cl)cc3)nc2-c2ccc(F)cc2)cc1. The monoisotopic (exact) mass is 508 g/mol. The van der Waals surface area contributed by atoms with Gasteiger partial charge in [-0.2, -0.15) is 0 Å². The summed E-state index contributed by atoms with van der Waals surface area (Å²) < 4.78 is 62.7. The highest BCUT2D eigenvalue weighted by Gasteiger charge is 2.26. The fourth-order valence-electron chi connectivity index (χ4n) is 2.93. The highest BCUT2D eigenvalue weighted by molar-refractivity contribution is 7.93. The molecular weight excluding hydrogens is 495 g/mol. The number of hydrogen-bond acceptors (Lipinski definition) is 6. The summed E-state index contributed by atoms with van der Waals surface area (Å²) in [4.78, 5) is 4.78. The Morgan fingerprint density at radius 1 is 0.781 bits per heavy atom. The van der Waals surface area contributed by atoms with E-state index < -0.39 is 25.7 Å². The maximum absolute atomic E-state index is 13.4. The predicted molar refractivity (Wildman–Crippen MR) is 121 cm³/mol. The van der Waals surface area contributed by atoms with Crippen LogP contribution in [-0.2, 0) is 19.9 Å². The summed E-state index contributed by atoms with van der Waals surface area (Å²) in [6.07, 6.45) is 0. The van der Waals surface area contributed by atoms with Crippen molar-refractivity contribution in [3.63, 3.8) is 0 Å². The lowest BCUT2D eigenvalue weighted by Gasteiger charge is -2.04. The fourth-order valence-corrected chi connectivity index (χ4v) is 6.28. The van der Waals surface area contributed by atoms with Gasteiger partial charge in [-0.15, -0.1) is 11.3 Å². The highest BCUT2D eigenvalue weighted by atomic mass is 35.5. The molecule has 0 amide bonds. The Bertz CT molecular complexity index is 1500. The van der Waals surface area contributed by atoms with Crippen LogP contribution >= 0.6 is 22.9 Å². The molecule has 0 saturated heterocycles. The summed E-state index contributed by atoms with van der Waals surface area (Å²) in [6.45, 7) is 0. The van der Waals surface area contributed by atoms with Gasteiger partial charge in [0, 0.05) is 10.6 Å². The quantitative estimate of drug-likeness (QED) is 0.418. The molecule has 164 valence electrons. The van der Waals surface area contributed by atoms with E-state index in [1.54, 1.807) is 0 Å². The van der Waals surface area contributed by atoms with Crippen molar-refractivity contribution in [2.24, 2.45) is 5.14 Å². The van der Waals surface area contributed by atoms with E-state index in [1.807, 2.05) is 0 Å². The molecule has 0 aliphatic heterocycles. The largest absolute Gasteiger partial charge is 0.238 e. The second kappa shape index (κ2) is 8.38. The maximum Gasteiger partial charge on any atom is 0.238 e. The minimum atomic E-state index is -3.95. The predicted octanol–water partition coefficient (Wildman–Crippen LogP) is 4.75. The molecule has 0 radical (unpaired) electrons. The van der Waals surface area contributed by atoms with Gasteiger partial charge in [-0.25, -0.2) is 31.3 Å². The molecule has 0 spiro atoms. The highest BCUT2D eigenvalue weighted by Crippen LogP contribution is 2.40. The molecule has 0 bridgehead atoms. The zero-order valence-corrected chi connectivity index (χ0v) is 19.3. The van der Waals surface area contributed by atoms with Crippen LogP contribution in [0.25, 0.3) is 21.7 Å². The van der Waals surface area contributed by atoms with Crippen LogP contribution in [0.3, 0.4) is 0 Å². The van der Waals surface area contributed by atoms with E-state index in [9.17, 15) is 21.2 Å². The number of halogens is 2. The smallest absolute Gasteiger partial charge is 0.225 e. The zero-order chi connectivity index (χ0) is 23.1. The summed E-state index contributed by atoms with van der Waals surface area (Å²) in [5.41, 5.74) is 1.36. The summed E-state index contributed by atoms with van der Waals surface area (Å²) >= 11 is 6.79. The van der Waals surface area contributed by atoms with Crippen molar-refractivity contribution in [2.75, 3.05) is 0 Å². The first-order valence-corrected chi connectivity index (χ1v) is 13.2. The summed E-state index contributed by atoms with van der Waals surface area (Å²) in [5, 5.41) is 5.55. The van der Waals surface area contributed by atoms with E-state index in [0.29, 0.717) is 26.7 Å². The Balaban J connectivity index is 1.89. The van der Waals surface area contributed by atoms with Crippen LogP contribution in [0.4, 0.5) is 4.39 Å². The Labute approximate surface area is 193 Å². The minimum Gasteiger partial charge on any atom is -0.225 e. The fraction of sp³-hybridized carbons (Fsp3) is 0. The molecule has 6 nitrogen and oxygen atoms in total. The van der Waals surface area contributed by atoms with Gasteiger partial charge in [-0.05, 0) is 66.2 Å². The molecule has 4 rings (SSSR count). The molecule has 0 atom stereocenters. The van der Waals surface area contributed by atoms with Crippen LogP contribution < -0.4 is 5.14 Å². The number of hydrogen-bond donors (Lipinski definition) is 1. The number of nitrogens with two attached hydrogens (primary N) is 1. The Morgan fingerprint density at radius 3 is 1.88 bits per heavy atom. The molecule has 1 heterocycles. The molecule has 3 aromatic carbocycles. The normalized spacial score (nSPS) is 12.1. The lowest BCUT2D eigenvalue weighted by molar-refractivity contribution is 0.594. The number of sulfone groups is 1. The van der Waals surface area contributed by atoms with Crippen LogP contribution in [0.15, 0.2) is 86.9 Å². The number of thiazole rings is 1. The summed E-state index contributed by atoms with van der Waals surface area (Å²) in [6, 6.07) is 16.9. The standard InChI is InChI=1S/C21H14ClFN2O4S3/c22-15-5-11-17(12-6-15)31(26,27)21-25-19(13-1-7-16(23)8-2-13)20(30-21)14-3-9-18(10-4-14)32(24,28)29/h1-12H,(H2,24,28,29). The number of aromatic nitrogens is 1.